The van der Waals surface area contributed by atoms with Crippen molar-refractivity contribution in [2.24, 2.45) is 0 Å². The lowest BCUT2D eigenvalue weighted by atomic mass is 10.3. The van der Waals surface area contributed by atoms with Crippen LogP contribution in [0.5, 0.6) is 0 Å². The number of likely N-dealkylation sites (N-methyl/N-ethyl adjacent to an activating group) is 1. The van der Waals surface area contributed by atoms with Gasteiger partial charge in [-0.1, -0.05) is 6.07 Å². The largest absolute Gasteiger partial charge is 0.336 e. The van der Waals surface area contributed by atoms with Gasteiger partial charge in [-0.25, -0.2) is 4.39 Å². The normalized spacial score (nSPS) is 9.55. The molecule has 0 heterocycles. The van der Waals surface area contributed by atoms with E-state index in [9.17, 15) is 14.0 Å². The van der Waals surface area contributed by atoms with E-state index in [0.29, 0.717) is 18.7 Å². The maximum atomic E-state index is 12.9. The number of nitrogens with one attached hydrogen (secondary N) is 2. The number of hydrogen-bond donors (Lipinski definition) is 2. The van der Waals surface area contributed by atoms with Crippen molar-refractivity contribution in [2.75, 3.05) is 32.5 Å². The third-order valence-corrected chi connectivity index (χ3v) is 2.50. The van der Waals surface area contributed by atoms with Crippen LogP contribution >= 0.6 is 12.4 Å². The summed E-state index contributed by atoms with van der Waals surface area (Å²) in [5.41, 5.74) is 0.376. The van der Waals surface area contributed by atoms with Gasteiger partial charge in [0, 0.05) is 25.7 Å². The van der Waals surface area contributed by atoms with Gasteiger partial charge in [0.25, 0.3) is 0 Å². The van der Waals surface area contributed by atoms with E-state index in [2.05, 4.69) is 10.6 Å². The third kappa shape index (κ3) is 6.49. The van der Waals surface area contributed by atoms with Gasteiger partial charge in [-0.05, 0) is 25.2 Å². The zero-order chi connectivity index (χ0) is 14.3. The highest BCUT2D eigenvalue weighted by Gasteiger charge is 2.12. The van der Waals surface area contributed by atoms with Crippen molar-refractivity contribution in [2.45, 2.75) is 6.42 Å². The fraction of sp³-hybridized carbons (Fsp3) is 0.385. The molecule has 0 aliphatic heterocycles. The molecule has 0 radical (unpaired) electrons. The first-order valence-electron chi connectivity index (χ1n) is 5.97. The van der Waals surface area contributed by atoms with E-state index in [1.54, 1.807) is 20.2 Å². The van der Waals surface area contributed by atoms with Gasteiger partial charge in [0.2, 0.25) is 11.8 Å². The van der Waals surface area contributed by atoms with Gasteiger partial charge in [-0.3, -0.25) is 9.59 Å². The van der Waals surface area contributed by atoms with E-state index in [1.807, 2.05) is 0 Å². The number of rotatable bonds is 6. The molecule has 0 saturated carbocycles. The number of hydrogen-bond acceptors (Lipinski definition) is 3. The van der Waals surface area contributed by atoms with E-state index in [-0.39, 0.29) is 30.8 Å². The molecule has 2 N–H and O–H groups in total. The Bertz CT molecular complexity index is 457. The molecule has 112 valence electrons. The van der Waals surface area contributed by atoms with Crippen LogP contribution in [0.25, 0.3) is 0 Å². The summed E-state index contributed by atoms with van der Waals surface area (Å²) in [6.45, 7) is 0.508. The number of anilines is 1. The molecule has 0 fully saturated rings. The summed E-state index contributed by atoms with van der Waals surface area (Å²) in [6.07, 6.45) is 0.334. The lowest BCUT2D eigenvalue weighted by molar-refractivity contribution is -0.133. The average Bonchev–Trinajstić information content (AvgIpc) is 2.35. The molecule has 2 amide bonds. The summed E-state index contributed by atoms with van der Waals surface area (Å²) in [5.74, 6) is -0.897. The smallest absolute Gasteiger partial charge is 0.243 e. The Labute approximate surface area is 123 Å². The van der Waals surface area contributed by atoms with Gasteiger partial charge in [-0.15, -0.1) is 12.4 Å². The Morgan fingerprint density at radius 2 is 2.05 bits per heavy atom. The monoisotopic (exact) mass is 303 g/mol. The van der Waals surface area contributed by atoms with Gasteiger partial charge < -0.3 is 15.5 Å². The maximum Gasteiger partial charge on any atom is 0.243 e. The Morgan fingerprint density at radius 3 is 2.65 bits per heavy atom. The first-order valence-corrected chi connectivity index (χ1v) is 5.97. The number of amides is 2. The Hall–Kier alpha value is -1.66. The zero-order valence-electron chi connectivity index (χ0n) is 11.5. The molecule has 1 aromatic carbocycles. The van der Waals surface area contributed by atoms with Crippen LogP contribution in [0.1, 0.15) is 6.42 Å². The van der Waals surface area contributed by atoms with E-state index in [1.165, 1.54) is 23.1 Å². The second kappa shape index (κ2) is 9.28. The van der Waals surface area contributed by atoms with Crippen molar-refractivity contribution in [1.82, 2.24) is 10.2 Å². The second-order valence-corrected chi connectivity index (χ2v) is 4.16. The minimum atomic E-state index is -0.420. The quantitative estimate of drug-likeness (QED) is 0.831. The fourth-order valence-corrected chi connectivity index (χ4v) is 1.49. The number of benzene rings is 1. The zero-order valence-corrected chi connectivity index (χ0v) is 12.3. The fourth-order valence-electron chi connectivity index (χ4n) is 1.49. The summed E-state index contributed by atoms with van der Waals surface area (Å²) in [4.78, 5) is 24.6. The van der Waals surface area contributed by atoms with Crippen molar-refractivity contribution in [3.05, 3.63) is 30.1 Å². The molecule has 0 aliphatic rings. The van der Waals surface area contributed by atoms with E-state index >= 15 is 0 Å². The van der Waals surface area contributed by atoms with Crippen LogP contribution < -0.4 is 10.6 Å². The van der Waals surface area contributed by atoms with Crippen molar-refractivity contribution < 1.29 is 14.0 Å². The molecular weight excluding hydrogens is 285 g/mol. The second-order valence-electron chi connectivity index (χ2n) is 4.16. The van der Waals surface area contributed by atoms with Crippen LogP contribution in [-0.4, -0.2) is 43.9 Å². The predicted octanol–water partition coefficient (Wildman–Crippen LogP) is 1.25. The molecule has 20 heavy (non-hydrogen) atoms. The highest BCUT2D eigenvalue weighted by atomic mass is 35.5. The summed E-state index contributed by atoms with van der Waals surface area (Å²) in [5, 5.41) is 5.40. The Kier molecular flexibility index (Phi) is 8.51. The molecular formula is C13H19ClFN3O2. The van der Waals surface area contributed by atoms with E-state index in [4.69, 9.17) is 0 Å². The molecule has 7 heteroatoms. The molecule has 0 unspecified atom stereocenters. The molecule has 1 rings (SSSR count). The Balaban J connectivity index is 0.00000361. The van der Waals surface area contributed by atoms with Crippen LogP contribution in [-0.2, 0) is 9.59 Å². The van der Waals surface area contributed by atoms with Gasteiger partial charge in [0.05, 0.1) is 6.54 Å². The van der Waals surface area contributed by atoms with Crippen molar-refractivity contribution >= 4 is 29.9 Å². The van der Waals surface area contributed by atoms with Gasteiger partial charge in [0.1, 0.15) is 5.82 Å². The first-order chi connectivity index (χ1) is 9.02. The van der Waals surface area contributed by atoms with Crippen LogP contribution in [0.3, 0.4) is 0 Å². The van der Waals surface area contributed by atoms with Crippen molar-refractivity contribution in [3.63, 3.8) is 0 Å². The molecule has 0 atom stereocenters. The maximum absolute atomic E-state index is 12.9. The minimum absolute atomic E-state index is 0. The highest BCUT2D eigenvalue weighted by Crippen LogP contribution is 2.08. The highest BCUT2D eigenvalue weighted by molar-refractivity contribution is 5.94. The lowest BCUT2D eigenvalue weighted by Gasteiger charge is -2.16. The number of halogens is 2. The average molecular weight is 304 g/mol. The first kappa shape index (κ1) is 18.3. The predicted molar refractivity (Wildman–Crippen MR) is 78.5 cm³/mol. The molecule has 0 saturated heterocycles. The molecule has 0 bridgehead atoms. The summed E-state index contributed by atoms with van der Waals surface area (Å²) in [6, 6.07) is 5.61. The lowest BCUT2D eigenvalue weighted by Crippen LogP contribution is -2.36. The minimum Gasteiger partial charge on any atom is -0.336 e. The van der Waals surface area contributed by atoms with E-state index < -0.39 is 5.82 Å². The SMILES string of the molecule is CNCCC(=O)N(C)CC(=O)Nc1cccc(F)c1.Cl. The number of nitrogens with zero attached hydrogens (tertiary/aromatic N) is 1. The Morgan fingerprint density at radius 1 is 1.35 bits per heavy atom. The van der Waals surface area contributed by atoms with Gasteiger partial charge >= 0.3 is 0 Å². The number of carbonyl (C=O) groups is 2. The van der Waals surface area contributed by atoms with Gasteiger partial charge in [-0.2, -0.15) is 0 Å². The van der Waals surface area contributed by atoms with Crippen LogP contribution in [0.2, 0.25) is 0 Å². The van der Waals surface area contributed by atoms with Crippen LogP contribution in [0.15, 0.2) is 24.3 Å². The summed E-state index contributed by atoms with van der Waals surface area (Å²) in [7, 11) is 3.31. The van der Waals surface area contributed by atoms with Crippen LogP contribution in [0, 0.1) is 5.82 Å². The molecule has 0 spiro atoms. The topological polar surface area (TPSA) is 61.4 Å². The summed E-state index contributed by atoms with van der Waals surface area (Å²) >= 11 is 0. The van der Waals surface area contributed by atoms with Gasteiger partial charge in [0.15, 0.2) is 0 Å². The van der Waals surface area contributed by atoms with Crippen molar-refractivity contribution in [1.29, 1.82) is 0 Å². The molecule has 5 nitrogen and oxygen atoms in total. The molecule has 0 aromatic heterocycles. The summed E-state index contributed by atoms with van der Waals surface area (Å²) < 4.78 is 12.9. The standard InChI is InChI=1S/C13H18FN3O2.ClH/c1-15-7-6-13(19)17(2)9-12(18)16-11-5-3-4-10(14)8-11;/h3-5,8,15H,6-7,9H2,1-2H3,(H,16,18);1H. The third-order valence-electron chi connectivity index (χ3n) is 2.50. The molecule has 0 aliphatic carbocycles. The van der Waals surface area contributed by atoms with Crippen molar-refractivity contribution in [3.8, 4) is 0 Å². The van der Waals surface area contributed by atoms with E-state index in [0.717, 1.165) is 0 Å². The van der Waals surface area contributed by atoms with Crippen LogP contribution in [0.4, 0.5) is 10.1 Å². The molecule has 1 aromatic rings. The number of carbonyl (C=O) groups excluding carboxylic acids is 2.